The summed E-state index contributed by atoms with van der Waals surface area (Å²) in [6, 6.07) is 3.37. The van der Waals surface area contributed by atoms with E-state index in [1.807, 2.05) is 11.8 Å². The minimum absolute atomic E-state index is 0.0100. The van der Waals surface area contributed by atoms with Crippen molar-refractivity contribution < 1.29 is 9.53 Å². The molecule has 0 unspecified atom stereocenters. The number of nitrogen functional groups attached to an aromatic ring is 1. The monoisotopic (exact) mass is 263 g/mol. The molecule has 0 aliphatic carbocycles. The molecule has 104 valence electrons. The van der Waals surface area contributed by atoms with Crippen molar-refractivity contribution in [3.8, 4) is 0 Å². The Bertz CT molecular complexity index is 413. The summed E-state index contributed by atoms with van der Waals surface area (Å²) in [6.07, 6.45) is 5.03. The molecular weight excluding hydrogens is 242 g/mol. The number of carbonyl (C=O) groups excluding carboxylic acids is 1. The van der Waals surface area contributed by atoms with Gasteiger partial charge in [0.2, 0.25) is 0 Å². The molecule has 1 fully saturated rings. The molecule has 2 N–H and O–H groups in total. The van der Waals surface area contributed by atoms with Gasteiger partial charge in [0.25, 0.3) is 5.91 Å². The highest BCUT2D eigenvalue weighted by Crippen LogP contribution is 2.15. The molecule has 0 radical (unpaired) electrons. The van der Waals surface area contributed by atoms with Crippen molar-refractivity contribution in [2.45, 2.75) is 32.3 Å². The van der Waals surface area contributed by atoms with Crippen LogP contribution >= 0.6 is 0 Å². The zero-order valence-electron chi connectivity index (χ0n) is 11.3. The zero-order valence-corrected chi connectivity index (χ0v) is 11.3. The van der Waals surface area contributed by atoms with Gasteiger partial charge in [-0.05, 0) is 38.3 Å². The van der Waals surface area contributed by atoms with Gasteiger partial charge in [-0.2, -0.15) is 0 Å². The van der Waals surface area contributed by atoms with Gasteiger partial charge in [0.15, 0.2) is 0 Å². The number of hydrogen-bond acceptors (Lipinski definition) is 4. The van der Waals surface area contributed by atoms with Gasteiger partial charge >= 0.3 is 0 Å². The predicted octanol–water partition coefficient (Wildman–Crippen LogP) is 1.69. The number of ether oxygens (including phenoxy) is 1. The van der Waals surface area contributed by atoms with E-state index >= 15 is 0 Å². The number of anilines is 1. The van der Waals surface area contributed by atoms with Gasteiger partial charge in [-0.1, -0.05) is 0 Å². The summed E-state index contributed by atoms with van der Waals surface area (Å²) in [5, 5.41) is 0. The second-order valence-corrected chi connectivity index (χ2v) is 4.80. The Morgan fingerprint density at radius 2 is 2.37 bits per heavy atom. The topological polar surface area (TPSA) is 68.5 Å². The van der Waals surface area contributed by atoms with E-state index in [1.54, 1.807) is 12.1 Å². The molecular formula is C14H21N3O2. The van der Waals surface area contributed by atoms with Crippen LogP contribution in [-0.4, -0.2) is 41.6 Å². The number of aromatic nitrogens is 1. The molecule has 1 aliphatic rings. The van der Waals surface area contributed by atoms with Gasteiger partial charge in [0, 0.05) is 25.9 Å². The number of likely N-dealkylation sites (N-methyl/N-ethyl adjacent to an activating group) is 1. The maximum absolute atomic E-state index is 12.4. The largest absolute Gasteiger partial charge is 0.384 e. The van der Waals surface area contributed by atoms with Crippen molar-refractivity contribution in [3.63, 3.8) is 0 Å². The number of rotatable bonds is 4. The Kier molecular flexibility index (Phi) is 4.74. The Balaban J connectivity index is 1.99. The molecule has 19 heavy (non-hydrogen) atoms. The fourth-order valence-corrected chi connectivity index (χ4v) is 2.27. The first-order chi connectivity index (χ1) is 9.20. The first-order valence-corrected chi connectivity index (χ1v) is 6.83. The molecule has 1 aliphatic heterocycles. The molecule has 1 saturated heterocycles. The quantitative estimate of drug-likeness (QED) is 0.897. The van der Waals surface area contributed by atoms with Crippen molar-refractivity contribution >= 4 is 11.7 Å². The van der Waals surface area contributed by atoms with Gasteiger partial charge < -0.3 is 15.4 Å². The number of nitrogens with zero attached hydrogens (tertiary/aromatic N) is 2. The van der Waals surface area contributed by atoms with Crippen LogP contribution in [0.15, 0.2) is 18.3 Å². The van der Waals surface area contributed by atoms with Crippen LogP contribution in [0, 0.1) is 0 Å². The number of nitrogens with two attached hydrogens (primary N) is 1. The first kappa shape index (κ1) is 13.8. The smallest absolute Gasteiger partial charge is 0.255 e. The number of amides is 1. The molecule has 5 nitrogen and oxygen atoms in total. The second kappa shape index (κ2) is 6.52. The van der Waals surface area contributed by atoms with E-state index in [1.165, 1.54) is 12.6 Å². The summed E-state index contributed by atoms with van der Waals surface area (Å²) in [6.45, 7) is 4.11. The normalized spacial score (nSPS) is 19.1. The third kappa shape index (κ3) is 3.67. The lowest BCUT2D eigenvalue weighted by Crippen LogP contribution is -2.39. The van der Waals surface area contributed by atoms with E-state index in [0.717, 1.165) is 19.4 Å². The lowest BCUT2D eigenvalue weighted by Gasteiger charge is -2.29. The lowest BCUT2D eigenvalue weighted by molar-refractivity contribution is -0.00312. The van der Waals surface area contributed by atoms with Crippen LogP contribution in [-0.2, 0) is 4.74 Å². The van der Waals surface area contributed by atoms with E-state index in [2.05, 4.69) is 4.98 Å². The summed E-state index contributed by atoms with van der Waals surface area (Å²) in [7, 11) is 0. The number of carbonyl (C=O) groups is 1. The highest BCUT2D eigenvalue weighted by Gasteiger charge is 2.21. The third-order valence-corrected chi connectivity index (χ3v) is 3.40. The highest BCUT2D eigenvalue weighted by atomic mass is 16.5. The summed E-state index contributed by atoms with van der Waals surface area (Å²) >= 11 is 0. The third-order valence-electron chi connectivity index (χ3n) is 3.40. The van der Waals surface area contributed by atoms with Gasteiger partial charge in [-0.15, -0.1) is 0 Å². The van der Waals surface area contributed by atoms with Crippen LogP contribution < -0.4 is 5.73 Å². The maximum atomic E-state index is 12.4. The van der Waals surface area contributed by atoms with Crippen LogP contribution in [0.3, 0.4) is 0 Å². The lowest BCUT2D eigenvalue weighted by atomic mass is 10.1. The minimum atomic E-state index is -0.0100. The predicted molar refractivity (Wildman–Crippen MR) is 73.8 cm³/mol. The standard InChI is InChI=1S/C14H21N3O2/c1-2-17(10-12-5-3-4-8-19-12)14(18)11-6-7-13(15)16-9-11/h6-7,9,12H,2-5,8,10H2,1H3,(H2,15,16)/t12-/m1/s1. The van der Waals surface area contributed by atoms with Crippen LogP contribution in [0.2, 0.25) is 0 Å². The highest BCUT2D eigenvalue weighted by molar-refractivity contribution is 5.94. The average molecular weight is 263 g/mol. The molecule has 0 spiro atoms. The molecule has 1 aromatic heterocycles. The number of hydrogen-bond donors (Lipinski definition) is 1. The van der Waals surface area contributed by atoms with E-state index in [0.29, 0.717) is 24.5 Å². The molecule has 5 heteroatoms. The van der Waals surface area contributed by atoms with Gasteiger partial charge in [-0.25, -0.2) is 4.98 Å². The van der Waals surface area contributed by atoms with E-state index in [4.69, 9.17) is 10.5 Å². The molecule has 1 amide bonds. The first-order valence-electron chi connectivity index (χ1n) is 6.83. The minimum Gasteiger partial charge on any atom is -0.384 e. The Labute approximate surface area is 113 Å². The van der Waals surface area contributed by atoms with Gasteiger partial charge in [-0.3, -0.25) is 4.79 Å². The van der Waals surface area contributed by atoms with Crippen molar-refractivity contribution in [1.82, 2.24) is 9.88 Å². The molecule has 0 bridgehead atoms. The fourth-order valence-electron chi connectivity index (χ4n) is 2.27. The molecule has 0 saturated carbocycles. The molecule has 2 rings (SSSR count). The molecule has 0 aromatic carbocycles. The van der Waals surface area contributed by atoms with Crippen molar-refractivity contribution in [2.24, 2.45) is 0 Å². The zero-order chi connectivity index (χ0) is 13.7. The summed E-state index contributed by atoms with van der Waals surface area (Å²) in [5.74, 6) is 0.416. The fraction of sp³-hybridized carbons (Fsp3) is 0.571. The Morgan fingerprint density at radius 3 is 2.95 bits per heavy atom. The van der Waals surface area contributed by atoms with E-state index in [9.17, 15) is 4.79 Å². The van der Waals surface area contributed by atoms with Crippen molar-refractivity contribution in [1.29, 1.82) is 0 Å². The van der Waals surface area contributed by atoms with E-state index < -0.39 is 0 Å². The van der Waals surface area contributed by atoms with Crippen LogP contribution in [0.25, 0.3) is 0 Å². The molecule has 1 aromatic rings. The Morgan fingerprint density at radius 1 is 1.53 bits per heavy atom. The van der Waals surface area contributed by atoms with Crippen LogP contribution in [0.5, 0.6) is 0 Å². The Hall–Kier alpha value is -1.62. The maximum Gasteiger partial charge on any atom is 0.255 e. The van der Waals surface area contributed by atoms with Gasteiger partial charge in [0.05, 0.1) is 11.7 Å². The summed E-state index contributed by atoms with van der Waals surface area (Å²) < 4.78 is 5.69. The molecule has 1 atom stereocenters. The second-order valence-electron chi connectivity index (χ2n) is 4.80. The van der Waals surface area contributed by atoms with Crippen LogP contribution in [0.1, 0.15) is 36.5 Å². The summed E-state index contributed by atoms with van der Waals surface area (Å²) in [4.78, 5) is 18.1. The average Bonchev–Trinajstić information content (AvgIpc) is 2.46. The van der Waals surface area contributed by atoms with Crippen molar-refractivity contribution in [3.05, 3.63) is 23.9 Å². The summed E-state index contributed by atoms with van der Waals surface area (Å²) in [5.41, 5.74) is 6.10. The van der Waals surface area contributed by atoms with Crippen molar-refractivity contribution in [2.75, 3.05) is 25.4 Å². The SMILES string of the molecule is CCN(C[C@H]1CCCCO1)C(=O)c1ccc(N)nc1. The van der Waals surface area contributed by atoms with E-state index in [-0.39, 0.29) is 12.0 Å². The molecule has 2 heterocycles. The number of pyridine rings is 1. The van der Waals surface area contributed by atoms with Gasteiger partial charge in [0.1, 0.15) is 5.82 Å². The van der Waals surface area contributed by atoms with Crippen LogP contribution in [0.4, 0.5) is 5.82 Å².